The fourth-order valence-corrected chi connectivity index (χ4v) is 2.99. The van der Waals surface area contributed by atoms with Crippen LogP contribution in [0.5, 0.6) is 0 Å². The van der Waals surface area contributed by atoms with E-state index >= 15 is 0 Å². The molecule has 0 radical (unpaired) electrons. The molecule has 0 unspecified atom stereocenters. The van der Waals surface area contributed by atoms with Crippen LogP contribution in [0.15, 0.2) is 23.1 Å². The standard InChI is InChI=1S/C10H10ClNO5S2/c11-7-2-1-6(5-8(7)19(12,16)17)10(15)18-4-3-9(13)14/h1-2,5H,3-4H2,(H,13,14)(H2,12,16,17). The summed E-state index contributed by atoms with van der Waals surface area (Å²) in [6, 6.07) is 3.69. The van der Waals surface area contributed by atoms with Crippen LogP contribution in [0.2, 0.25) is 5.02 Å². The summed E-state index contributed by atoms with van der Waals surface area (Å²) < 4.78 is 22.5. The van der Waals surface area contributed by atoms with Crippen LogP contribution in [0.1, 0.15) is 16.8 Å². The van der Waals surface area contributed by atoms with Gasteiger partial charge in [0.2, 0.25) is 15.1 Å². The molecule has 6 nitrogen and oxygen atoms in total. The van der Waals surface area contributed by atoms with E-state index in [0.717, 1.165) is 17.8 Å². The number of carboxylic acid groups (broad SMARTS) is 1. The zero-order chi connectivity index (χ0) is 14.6. The molecule has 0 fully saturated rings. The molecular weight excluding hydrogens is 314 g/mol. The summed E-state index contributed by atoms with van der Waals surface area (Å²) in [6.45, 7) is 0. The maximum atomic E-state index is 11.7. The van der Waals surface area contributed by atoms with Gasteiger partial charge in [0.15, 0.2) is 0 Å². The van der Waals surface area contributed by atoms with Crippen LogP contribution >= 0.6 is 23.4 Å². The van der Waals surface area contributed by atoms with Crippen molar-refractivity contribution in [3.63, 3.8) is 0 Å². The molecule has 0 aliphatic carbocycles. The van der Waals surface area contributed by atoms with E-state index in [-0.39, 0.29) is 27.7 Å². The van der Waals surface area contributed by atoms with Crippen LogP contribution in [-0.2, 0) is 14.8 Å². The number of primary sulfonamides is 1. The highest BCUT2D eigenvalue weighted by atomic mass is 35.5. The quantitative estimate of drug-likeness (QED) is 0.845. The van der Waals surface area contributed by atoms with E-state index in [1.54, 1.807) is 0 Å². The number of carbonyl (C=O) groups is 2. The third kappa shape index (κ3) is 4.83. The first-order valence-electron chi connectivity index (χ1n) is 4.93. The Morgan fingerprint density at radius 2 is 2.00 bits per heavy atom. The summed E-state index contributed by atoms with van der Waals surface area (Å²) in [7, 11) is -4.01. The molecule has 1 aromatic carbocycles. The van der Waals surface area contributed by atoms with Gasteiger partial charge in [0, 0.05) is 11.3 Å². The van der Waals surface area contributed by atoms with Crippen LogP contribution in [0.25, 0.3) is 0 Å². The molecule has 0 saturated heterocycles. The second-order valence-corrected chi connectivity index (χ2v) is 6.47. The van der Waals surface area contributed by atoms with Crippen molar-refractivity contribution in [1.82, 2.24) is 0 Å². The zero-order valence-corrected chi connectivity index (χ0v) is 11.9. The van der Waals surface area contributed by atoms with Crippen LogP contribution < -0.4 is 5.14 Å². The molecule has 1 rings (SSSR count). The van der Waals surface area contributed by atoms with Crippen molar-refractivity contribution in [2.45, 2.75) is 11.3 Å². The predicted molar refractivity (Wildman–Crippen MR) is 71.9 cm³/mol. The fraction of sp³-hybridized carbons (Fsp3) is 0.200. The molecule has 0 aliphatic heterocycles. The molecule has 0 spiro atoms. The number of hydrogen-bond donors (Lipinski definition) is 2. The van der Waals surface area contributed by atoms with Crippen molar-refractivity contribution in [2.75, 3.05) is 5.75 Å². The minimum absolute atomic E-state index is 0.0745. The molecule has 104 valence electrons. The van der Waals surface area contributed by atoms with Crippen LogP contribution in [-0.4, -0.2) is 30.4 Å². The summed E-state index contributed by atoms with van der Waals surface area (Å²) in [5.41, 5.74) is 0.101. The number of rotatable bonds is 5. The van der Waals surface area contributed by atoms with E-state index in [1.165, 1.54) is 12.1 Å². The molecule has 0 bridgehead atoms. The molecule has 19 heavy (non-hydrogen) atoms. The van der Waals surface area contributed by atoms with Gasteiger partial charge in [0.05, 0.1) is 11.4 Å². The first-order chi connectivity index (χ1) is 8.71. The summed E-state index contributed by atoms with van der Waals surface area (Å²) in [5, 5.41) is 12.9. The molecule has 0 aromatic heterocycles. The Balaban J connectivity index is 2.91. The van der Waals surface area contributed by atoms with E-state index in [1.807, 2.05) is 0 Å². The van der Waals surface area contributed by atoms with E-state index in [0.29, 0.717) is 0 Å². The molecule has 9 heteroatoms. The average Bonchev–Trinajstić information content (AvgIpc) is 2.27. The van der Waals surface area contributed by atoms with E-state index in [9.17, 15) is 18.0 Å². The topological polar surface area (TPSA) is 115 Å². The second-order valence-electron chi connectivity index (χ2n) is 3.47. The Morgan fingerprint density at radius 1 is 1.37 bits per heavy atom. The molecule has 0 aliphatic rings. The van der Waals surface area contributed by atoms with E-state index in [2.05, 4.69) is 0 Å². The molecule has 1 aromatic rings. The van der Waals surface area contributed by atoms with Gasteiger partial charge in [-0.1, -0.05) is 23.4 Å². The number of hydrogen-bond acceptors (Lipinski definition) is 5. The Morgan fingerprint density at radius 3 is 2.53 bits per heavy atom. The smallest absolute Gasteiger partial charge is 0.304 e. The lowest BCUT2D eigenvalue weighted by Gasteiger charge is -2.04. The number of aliphatic carboxylic acids is 1. The summed E-state index contributed by atoms with van der Waals surface area (Å²) >= 11 is 6.46. The number of sulfonamides is 1. The third-order valence-electron chi connectivity index (χ3n) is 2.02. The lowest BCUT2D eigenvalue weighted by molar-refractivity contribution is -0.136. The highest BCUT2D eigenvalue weighted by molar-refractivity contribution is 8.14. The van der Waals surface area contributed by atoms with Gasteiger partial charge in [-0.05, 0) is 18.2 Å². The second kappa shape index (κ2) is 6.38. The van der Waals surface area contributed by atoms with E-state index < -0.39 is 21.1 Å². The first kappa shape index (κ1) is 16.0. The van der Waals surface area contributed by atoms with Gasteiger partial charge in [-0.15, -0.1) is 0 Å². The Bertz CT molecular complexity index is 614. The average molecular weight is 324 g/mol. The van der Waals surface area contributed by atoms with Crippen LogP contribution in [0.4, 0.5) is 0 Å². The Hall–Kier alpha value is -1.09. The van der Waals surface area contributed by atoms with Crippen molar-refractivity contribution < 1.29 is 23.1 Å². The van der Waals surface area contributed by atoms with Gasteiger partial charge in [0.25, 0.3) is 0 Å². The Labute approximate surface area is 119 Å². The fourth-order valence-electron chi connectivity index (χ4n) is 1.16. The van der Waals surface area contributed by atoms with Gasteiger partial charge in [-0.3, -0.25) is 9.59 Å². The van der Waals surface area contributed by atoms with Gasteiger partial charge in [-0.2, -0.15) is 0 Å². The monoisotopic (exact) mass is 323 g/mol. The largest absolute Gasteiger partial charge is 0.481 e. The van der Waals surface area contributed by atoms with Gasteiger partial charge < -0.3 is 5.11 Å². The predicted octanol–water partition coefficient (Wildman–Crippen LogP) is 1.34. The van der Waals surface area contributed by atoms with Crippen LogP contribution in [0, 0.1) is 0 Å². The first-order valence-corrected chi connectivity index (χ1v) is 7.84. The number of nitrogens with two attached hydrogens (primary N) is 1. The van der Waals surface area contributed by atoms with Gasteiger partial charge in [-0.25, -0.2) is 13.6 Å². The van der Waals surface area contributed by atoms with Crippen molar-refractivity contribution in [3.8, 4) is 0 Å². The summed E-state index contributed by atoms with van der Waals surface area (Å²) in [6.07, 6.45) is -0.161. The lowest BCUT2D eigenvalue weighted by Crippen LogP contribution is -2.13. The normalized spacial score (nSPS) is 11.3. The van der Waals surface area contributed by atoms with Crippen molar-refractivity contribution in [3.05, 3.63) is 28.8 Å². The number of thioether (sulfide) groups is 1. The van der Waals surface area contributed by atoms with E-state index in [4.69, 9.17) is 21.8 Å². The van der Waals surface area contributed by atoms with Crippen molar-refractivity contribution in [1.29, 1.82) is 0 Å². The SMILES string of the molecule is NS(=O)(=O)c1cc(C(=O)SCCC(=O)O)ccc1Cl. The highest BCUT2D eigenvalue weighted by Crippen LogP contribution is 2.23. The zero-order valence-electron chi connectivity index (χ0n) is 9.50. The van der Waals surface area contributed by atoms with Gasteiger partial charge >= 0.3 is 5.97 Å². The summed E-state index contributed by atoms with van der Waals surface area (Å²) in [4.78, 5) is 21.7. The maximum Gasteiger partial charge on any atom is 0.304 e. The molecule has 0 atom stereocenters. The molecule has 0 saturated carbocycles. The lowest BCUT2D eigenvalue weighted by atomic mass is 10.2. The third-order valence-corrected chi connectivity index (χ3v) is 4.32. The van der Waals surface area contributed by atoms with Crippen LogP contribution in [0.3, 0.4) is 0 Å². The molecule has 0 amide bonds. The molecule has 0 heterocycles. The minimum Gasteiger partial charge on any atom is -0.481 e. The Kier molecular flexibility index (Phi) is 5.36. The number of carbonyl (C=O) groups excluding carboxylic acids is 1. The highest BCUT2D eigenvalue weighted by Gasteiger charge is 2.16. The van der Waals surface area contributed by atoms with Gasteiger partial charge in [0.1, 0.15) is 4.90 Å². The molecular formula is C10H10ClNO5S2. The summed E-state index contributed by atoms with van der Waals surface area (Å²) in [5.74, 6) is -0.914. The maximum absolute atomic E-state index is 11.7. The number of halogens is 1. The minimum atomic E-state index is -4.01. The number of carboxylic acids is 1. The molecule has 3 N–H and O–H groups in total. The van der Waals surface area contributed by atoms with Crippen molar-refractivity contribution in [2.24, 2.45) is 5.14 Å². The number of benzene rings is 1. The van der Waals surface area contributed by atoms with Crippen molar-refractivity contribution >= 4 is 44.5 Å².